The Morgan fingerprint density at radius 3 is 2.21 bits per heavy atom. The van der Waals surface area contributed by atoms with Gasteiger partial charge in [-0.2, -0.15) is 0 Å². The van der Waals surface area contributed by atoms with Crippen LogP contribution in [0.1, 0.15) is 46.5 Å². The molecule has 0 unspecified atom stereocenters. The molecule has 0 saturated heterocycles. The fourth-order valence-corrected chi connectivity index (χ4v) is 4.03. The molecule has 3 aliphatic carbocycles. The van der Waals surface area contributed by atoms with Crippen molar-refractivity contribution in [3.05, 3.63) is 0 Å². The number of carbonyl (C=O) groups is 1. The van der Waals surface area contributed by atoms with E-state index in [9.17, 15) is 4.79 Å². The molecule has 2 heteroatoms. The van der Waals surface area contributed by atoms with Crippen molar-refractivity contribution in [3.8, 4) is 0 Å². The maximum absolute atomic E-state index is 11.5. The van der Waals surface area contributed by atoms with E-state index in [0.29, 0.717) is 10.8 Å². The van der Waals surface area contributed by atoms with Crippen LogP contribution in [0.15, 0.2) is 0 Å². The van der Waals surface area contributed by atoms with Gasteiger partial charge in [0.25, 0.3) is 0 Å². The average molecular weight is 196 g/mol. The van der Waals surface area contributed by atoms with Crippen LogP contribution in [0.2, 0.25) is 0 Å². The zero-order chi connectivity index (χ0) is 10.6. The Morgan fingerprint density at radius 1 is 1.36 bits per heavy atom. The molecule has 0 aromatic carbocycles. The van der Waals surface area contributed by atoms with Gasteiger partial charge in [0, 0.05) is 0 Å². The van der Waals surface area contributed by atoms with Gasteiger partial charge in [0.2, 0.25) is 0 Å². The molecule has 14 heavy (non-hydrogen) atoms. The second kappa shape index (κ2) is 2.53. The zero-order valence-electron chi connectivity index (χ0n) is 9.64. The van der Waals surface area contributed by atoms with Crippen molar-refractivity contribution in [1.82, 2.24) is 0 Å². The third-order valence-electron chi connectivity index (χ3n) is 3.96. The molecule has 3 rings (SSSR count). The highest BCUT2D eigenvalue weighted by atomic mass is 16.5. The number of hydrogen-bond donors (Lipinski definition) is 0. The van der Waals surface area contributed by atoms with Gasteiger partial charge in [0.05, 0.1) is 12.5 Å². The molecular formula is C12H20O2. The molecule has 0 aliphatic heterocycles. The van der Waals surface area contributed by atoms with E-state index in [1.165, 1.54) is 26.4 Å². The Bertz CT molecular complexity index is 258. The van der Waals surface area contributed by atoms with Crippen molar-refractivity contribution in [1.29, 1.82) is 0 Å². The summed E-state index contributed by atoms with van der Waals surface area (Å²) in [5, 5.41) is 0. The minimum Gasteiger partial charge on any atom is -0.469 e. The smallest absolute Gasteiger partial charge is 0.311 e. The molecule has 0 N–H and O–H groups in total. The SMILES string of the molecule is COC(=O)C(C)(C)CC12CC(C)(C1)C2. The Balaban J connectivity index is 1.95. The van der Waals surface area contributed by atoms with Crippen molar-refractivity contribution < 1.29 is 9.53 Å². The highest BCUT2D eigenvalue weighted by Crippen LogP contribution is 2.75. The van der Waals surface area contributed by atoms with Gasteiger partial charge in [0.15, 0.2) is 0 Å². The monoisotopic (exact) mass is 196 g/mol. The van der Waals surface area contributed by atoms with Crippen molar-refractivity contribution in [3.63, 3.8) is 0 Å². The second-order valence-corrected chi connectivity index (χ2v) is 6.39. The van der Waals surface area contributed by atoms with Gasteiger partial charge in [-0.1, -0.05) is 6.92 Å². The summed E-state index contributed by atoms with van der Waals surface area (Å²) in [5.41, 5.74) is 0.829. The molecule has 3 fully saturated rings. The maximum atomic E-state index is 11.5. The van der Waals surface area contributed by atoms with E-state index in [0.717, 1.165) is 6.42 Å². The van der Waals surface area contributed by atoms with Crippen LogP contribution in [0, 0.1) is 16.2 Å². The number of carbonyl (C=O) groups excluding carboxylic acids is 1. The number of ether oxygens (including phenoxy) is 1. The predicted molar refractivity (Wildman–Crippen MR) is 54.8 cm³/mol. The third kappa shape index (κ3) is 1.27. The fourth-order valence-electron chi connectivity index (χ4n) is 4.03. The minimum absolute atomic E-state index is 0.0626. The molecule has 80 valence electrons. The first-order chi connectivity index (χ1) is 6.31. The lowest BCUT2D eigenvalue weighted by Gasteiger charge is -2.71. The Hall–Kier alpha value is -0.530. The molecule has 2 bridgehead atoms. The van der Waals surface area contributed by atoms with Crippen LogP contribution in [-0.2, 0) is 9.53 Å². The van der Waals surface area contributed by atoms with Gasteiger partial charge < -0.3 is 4.74 Å². The van der Waals surface area contributed by atoms with Crippen molar-refractivity contribution in [2.45, 2.75) is 46.5 Å². The quantitative estimate of drug-likeness (QED) is 0.649. The summed E-state index contributed by atoms with van der Waals surface area (Å²) in [6.07, 6.45) is 4.96. The maximum Gasteiger partial charge on any atom is 0.311 e. The van der Waals surface area contributed by atoms with Crippen LogP contribution >= 0.6 is 0 Å². The molecule has 3 saturated carbocycles. The van der Waals surface area contributed by atoms with Crippen molar-refractivity contribution >= 4 is 5.97 Å². The zero-order valence-corrected chi connectivity index (χ0v) is 9.64. The highest BCUT2D eigenvalue weighted by molar-refractivity contribution is 5.75. The number of hydrogen-bond acceptors (Lipinski definition) is 2. The second-order valence-electron chi connectivity index (χ2n) is 6.39. The lowest BCUT2D eigenvalue weighted by Crippen LogP contribution is -2.61. The Kier molecular flexibility index (Phi) is 1.81. The number of esters is 1. The largest absolute Gasteiger partial charge is 0.469 e. The molecular weight excluding hydrogens is 176 g/mol. The van der Waals surface area contributed by atoms with Gasteiger partial charge in [-0.05, 0) is 50.4 Å². The minimum atomic E-state index is -0.295. The molecule has 0 radical (unpaired) electrons. The summed E-state index contributed by atoms with van der Waals surface area (Å²) in [6, 6.07) is 0. The fraction of sp³-hybridized carbons (Fsp3) is 0.917. The standard InChI is InChI=1S/C12H20O2/c1-10(2,9(13)14-4)5-12-6-11(3,7-12)8-12/h5-8H2,1-4H3. The predicted octanol–water partition coefficient (Wildman–Crippen LogP) is 2.77. The summed E-state index contributed by atoms with van der Waals surface area (Å²) in [5.74, 6) is -0.0626. The first kappa shape index (κ1) is 10.0. The summed E-state index contributed by atoms with van der Waals surface area (Å²) in [7, 11) is 1.48. The van der Waals surface area contributed by atoms with E-state index in [4.69, 9.17) is 4.74 Å². The van der Waals surface area contributed by atoms with Crippen LogP contribution in [0.25, 0.3) is 0 Å². The first-order valence-corrected chi connectivity index (χ1v) is 5.39. The lowest BCUT2D eigenvalue weighted by atomic mass is 9.34. The van der Waals surface area contributed by atoms with E-state index >= 15 is 0 Å². The van der Waals surface area contributed by atoms with Crippen molar-refractivity contribution in [2.75, 3.05) is 7.11 Å². The highest BCUT2D eigenvalue weighted by Gasteiger charge is 2.66. The molecule has 3 aliphatic rings. The summed E-state index contributed by atoms with van der Waals surface area (Å²) >= 11 is 0. The summed E-state index contributed by atoms with van der Waals surface area (Å²) in [6.45, 7) is 6.35. The summed E-state index contributed by atoms with van der Waals surface area (Å²) in [4.78, 5) is 11.5. The third-order valence-corrected chi connectivity index (χ3v) is 3.96. The van der Waals surface area contributed by atoms with Gasteiger partial charge in [-0.3, -0.25) is 4.79 Å². The van der Waals surface area contributed by atoms with Gasteiger partial charge in [-0.15, -0.1) is 0 Å². The van der Waals surface area contributed by atoms with Gasteiger partial charge in [0.1, 0.15) is 0 Å². The van der Waals surface area contributed by atoms with Crippen LogP contribution in [0.4, 0.5) is 0 Å². The normalized spacial score (nSPS) is 39.7. The lowest BCUT2D eigenvalue weighted by molar-refractivity contribution is -0.212. The van der Waals surface area contributed by atoms with E-state index in [1.54, 1.807) is 0 Å². The molecule has 2 nitrogen and oxygen atoms in total. The van der Waals surface area contributed by atoms with Crippen LogP contribution in [0.3, 0.4) is 0 Å². The van der Waals surface area contributed by atoms with Crippen LogP contribution in [0.5, 0.6) is 0 Å². The van der Waals surface area contributed by atoms with Crippen LogP contribution in [-0.4, -0.2) is 13.1 Å². The molecule has 0 amide bonds. The van der Waals surface area contributed by atoms with E-state index in [1.807, 2.05) is 13.8 Å². The first-order valence-electron chi connectivity index (χ1n) is 5.39. The molecule has 0 aromatic rings. The average Bonchev–Trinajstić information content (AvgIpc) is 1.97. The van der Waals surface area contributed by atoms with Crippen LogP contribution < -0.4 is 0 Å². The summed E-state index contributed by atoms with van der Waals surface area (Å²) < 4.78 is 4.83. The van der Waals surface area contributed by atoms with Crippen molar-refractivity contribution in [2.24, 2.45) is 16.2 Å². The molecule has 0 atom stereocenters. The molecule has 0 heterocycles. The van der Waals surface area contributed by atoms with E-state index in [-0.39, 0.29) is 11.4 Å². The Labute approximate surface area is 86.0 Å². The Morgan fingerprint density at radius 2 is 1.86 bits per heavy atom. The number of methoxy groups -OCH3 is 1. The molecule has 0 spiro atoms. The van der Waals surface area contributed by atoms with Gasteiger partial charge in [-0.25, -0.2) is 0 Å². The molecule has 0 aromatic heterocycles. The number of rotatable bonds is 3. The van der Waals surface area contributed by atoms with E-state index < -0.39 is 0 Å². The van der Waals surface area contributed by atoms with Gasteiger partial charge >= 0.3 is 5.97 Å². The topological polar surface area (TPSA) is 26.3 Å². The van der Waals surface area contributed by atoms with E-state index in [2.05, 4.69) is 6.92 Å².